The second-order valence-electron chi connectivity index (χ2n) is 4.61. The van der Waals surface area contributed by atoms with Crippen LogP contribution < -0.4 is 10.1 Å². The summed E-state index contributed by atoms with van der Waals surface area (Å²) in [6.07, 6.45) is 1.83. The Labute approximate surface area is 121 Å². The number of rotatable bonds is 3. The third kappa shape index (κ3) is 2.69. The molecule has 1 aromatic carbocycles. The van der Waals surface area contributed by atoms with Gasteiger partial charge in [0.2, 0.25) is 11.8 Å². The SMILES string of the molecule is COc1cc(C)nc(NC(=O)c2ccc3cc[nH]c3c2)n1. The minimum absolute atomic E-state index is 0.225. The highest BCUT2D eigenvalue weighted by molar-refractivity contribution is 6.05. The van der Waals surface area contributed by atoms with Crippen LogP contribution in [0.3, 0.4) is 0 Å². The molecule has 3 rings (SSSR count). The number of nitrogens with zero attached hydrogens (tertiary/aromatic N) is 2. The lowest BCUT2D eigenvalue weighted by Crippen LogP contribution is -2.14. The molecule has 2 N–H and O–H groups in total. The van der Waals surface area contributed by atoms with Crippen LogP contribution in [0.4, 0.5) is 5.95 Å². The summed E-state index contributed by atoms with van der Waals surface area (Å²) in [6.45, 7) is 1.81. The number of carbonyl (C=O) groups is 1. The molecule has 6 nitrogen and oxygen atoms in total. The van der Waals surface area contributed by atoms with Crippen LogP contribution in [0.15, 0.2) is 36.5 Å². The van der Waals surface area contributed by atoms with Crippen molar-refractivity contribution in [2.75, 3.05) is 12.4 Å². The number of anilines is 1. The number of hydrogen-bond donors (Lipinski definition) is 2. The van der Waals surface area contributed by atoms with E-state index < -0.39 is 0 Å². The first kappa shape index (κ1) is 13.1. The molecule has 0 aliphatic carbocycles. The Kier molecular flexibility index (Phi) is 3.27. The smallest absolute Gasteiger partial charge is 0.258 e. The third-order valence-corrected chi connectivity index (χ3v) is 3.08. The van der Waals surface area contributed by atoms with Gasteiger partial charge in [-0.2, -0.15) is 4.98 Å². The maximum absolute atomic E-state index is 12.2. The fraction of sp³-hybridized carbons (Fsp3) is 0.133. The van der Waals surface area contributed by atoms with E-state index in [2.05, 4.69) is 20.3 Å². The van der Waals surface area contributed by atoms with Crippen molar-refractivity contribution >= 4 is 22.8 Å². The number of fused-ring (bicyclic) bond motifs is 1. The lowest BCUT2D eigenvalue weighted by molar-refractivity contribution is 0.102. The van der Waals surface area contributed by atoms with Crippen molar-refractivity contribution < 1.29 is 9.53 Å². The Morgan fingerprint density at radius 1 is 1.24 bits per heavy atom. The van der Waals surface area contributed by atoms with Gasteiger partial charge in [-0.3, -0.25) is 10.1 Å². The molecule has 0 fully saturated rings. The number of carbonyl (C=O) groups excluding carboxylic acids is 1. The van der Waals surface area contributed by atoms with Crippen LogP contribution in [-0.2, 0) is 0 Å². The molecule has 3 aromatic rings. The normalized spacial score (nSPS) is 10.6. The van der Waals surface area contributed by atoms with Crippen molar-refractivity contribution in [1.29, 1.82) is 0 Å². The number of nitrogens with one attached hydrogen (secondary N) is 2. The van der Waals surface area contributed by atoms with Crippen LogP contribution in [0.2, 0.25) is 0 Å². The Morgan fingerprint density at radius 2 is 2.10 bits per heavy atom. The van der Waals surface area contributed by atoms with E-state index in [1.807, 2.05) is 25.3 Å². The fourth-order valence-electron chi connectivity index (χ4n) is 2.06. The molecular weight excluding hydrogens is 268 g/mol. The number of aromatic nitrogens is 3. The van der Waals surface area contributed by atoms with Crippen molar-refractivity contribution in [3.63, 3.8) is 0 Å². The number of methoxy groups -OCH3 is 1. The zero-order chi connectivity index (χ0) is 14.8. The van der Waals surface area contributed by atoms with Crippen LogP contribution in [0, 0.1) is 6.92 Å². The number of ether oxygens (including phenoxy) is 1. The quantitative estimate of drug-likeness (QED) is 0.773. The van der Waals surface area contributed by atoms with Crippen molar-refractivity contribution in [1.82, 2.24) is 15.0 Å². The van der Waals surface area contributed by atoms with Gasteiger partial charge in [-0.05, 0) is 30.5 Å². The molecule has 0 saturated carbocycles. The standard InChI is InChI=1S/C15H14N4O2/c1-9-7-13(21-2)18-15(17-9)19-14(20)11-4-3-10-5-6-16-12(10)8-11/h3-8,16H,1-2H3,(H,17,18,19,20). The molecule has 21 heavy (non-hydrogen) atoms. The van der Waals surface area contributed by atoms with E-state index in [1.54, 1.807) is 18.2 Å². The van der Waals surface area contributed by atoms with Crippen LogP contribution in [0.25, 0.3) is 10.9 Å². The Morgan fingerprint density at radius 3 is 2.90 bits per heavy atom. The maximum Gasteiger partial charge on any atom is 0.258 e. The van der Waals surface area contributed by atoms with Crippen molar-refractivity contribution in [2.24, 2.45) is 0 Å². The van der Waals surface area contributed by atoms with Gasteiger partial charge in [-0.25, -0.2) is 4.98 Å². The van der Waals surface area contributed by atoms with Gasteiger partial charge in [0.15, 0.2) is 0 Å². The zero-order valence-corrected chi connectivity index (χ0v) is 11.7. The molecule has 106 valence electrons. The second-order valence-corrected chi connectivity index (χ2v) is 4.61. The lowest BCUT2D eigenvalue weighted by atomic mass is 10.1. The summed E-state index contributed by atoms with van der Waals surface area (Å²) in [4.78, 5) is 23.6. The van der Waals surface area contributed by atoms with Gasteiger partial charge in [-0.1, -0.05) is 6.07 Å². The highest BCUT2D eigenvalue weighted by Crippen LogP contribution is 2.16. The molecule has 1 amide bonds. The van der Waals surface area contributed by atoms with E-state index in [0.717, 1.165) is 16.6 Å². The van der Waals surface area contributed by atoms with Crippen LogP contribution in [0.1, 0.15) is 16.1 Å². The Hall–Kier alpha value is -2.89. The zero-order valence-electron chi connectivity index (χ0n) is 11.7. The van der Waals surface area contributed by atoms with Crippen molar-refractivity contribution in [3.8, 4) is 5.88 Å². The van der Waals surface area contributed by atoms with Gasteiger partial charge >= 0.3 is 0 Å². The number of amides is 1. The van der Waals surface area contributed by atoms with Crippen LogP contribution >= 0.6 is 0 Å². The minimum atomic E-state index is -0.265. The van der Waals surface area contributed by atoms with E-state index >= 15 is 0 Å². The first-order valence-corrected chi connectivity index (χ1v) is 6.44. The van der Waals surface area contributed by atoms with E-state index in [0.29, 0.717) is 11.4 Å². The molecule has 0 spiro atoms. The molecule has 0 atom stereocenters. The van der Waals surface area contributed by atoms with E-state index in [1.165, 1.54) is 7.11 Å². The summed E-state index contributed by atoms with van der Waals surface area (Å²) in [7, 11) is 1.52. The third-order valence-electron chi connectivity index (χ3n) is 3.08. The maximum atomic E-state index is 12.2. The summed E-state index contributed by atoms with van der Waals surface area (Å²) in [5.74, 6) is 0.375. The molecule has 0 unspecified atom stereocenters. The van der Waals surface area contributed by atoms with Crippen molar-refractivity contribution in [2.45, 2.75) is 6.92 Å². The first-order chi connectivity index (χ1) is 10.2. The minimum Gasteiger partial charge on any atom is -0.481 e. The summed E-state index contributed by atoms with van der Waals surface area (Å²) in [5, 5.41) is 3.73. The van der Waals surface area contributed by atoms with Gasteiger partial charge in [-0.15, -0.1) is 0 Å². The van der Waals surface area contributed by atoms with Gasteiger partial charge in [0.25, 0.3) is 5.91 Å². The second kappa shape index (κ2) is 5.24. The summed E-state index contributed by atoms with van der Waals surface area (Å²) in [5.41, 5.74) is 2.16. The molecule has 2 aromatic heterocycles. The Balaban J connectivity index is 1.86. The highest BCUT2D eigenvalue weighted by atomic mass is 16.5. The van der Waals surface area contributed by atoms with E-state index in [9.17, 15) is 4.79 Å². The molecule has 0 bridgehead atoms. The van der Waals surface area contributed by atoms with E-state index in [4.69, 9.17) is 4.74 Å². The van der Waals surface area contributed by atoms with Gasteiger partial charge in [0.05, 0.1) is 7.11 Å². The van der Waals surface area contributed by atoms with Gasteiger partial charge < -0.3 is 9.72 Å². The monoisotopic (exact) mass is 282 g/mol. The number of H-pyrrole nitrogens is 1. The molecule has 0 aliphatic rings. The topological polar surface area (TPSA) is 79.9 Å². The predicted octanol–water partition coefficient (Wildman–Crippen LogP) is 2.53. The number of hydrogen-bond acceptors (Lipinski definition) is 4. The molecule has 0 saturated heterocycles. The number of aromatic amines is 1. The lowest BCUT2D eigenvalue weighted by Gasteiger charge is -2.06. The largest absolute Gasteiger partial charge is 0.481 e. The van der Waals surface area contributed by atoms with Crippen LogP contribution in [0.5, 0.6) is 5.88 Å². The van der Waals surface area contributed by atoms with E-state index in [-0.39, 0.29) is 11.9 Å². The molecule has 2 heterocycles. The first-order valence-electron chi connectivity index (χ1n) is 6.44. The summed E-state index contributed by atoms with van der Waals surface area (Å²) < 4.78 is 5.06. The van der Waals surface area contributed by atoms with Gasteiger partial charge in [0, 0.05) is 29.0 Å². The average molecular weight is 282 g/mol. The summed E-state index contributed by atoms with van der Waals surface area (Å²) in [6, 6.07) is 9.08. The van der Waals surface area contributed by atoms with Gasteiger partial charge in [0.1, 0.15) is 0 Å². The number of aryl methyl sites for hydroxylation is 1. The molecule has 0 radical (unpaired) electrons. The molecular formula is C15H14N4O2. The Bertz CT molecular complexity index is 810. The average Bonchev–Trinajstić information content (AvgIpc) is 2.93. The predicted molar refractivity (Wildman–Crippen MR) is 79.6 cm³/mol. The summed E-state index contributed by atoms with van der Waals surface area (Å²) >= 11 is 0. The highest BCUT2D eigenvalue weighted by Gasteiger charge is 2.10. The van der Waals surface area contributed by atoms with Crippen molar-refractivity contribution in [3.05, 3.63) is 47.8 Å². The number of benzene rings is 1. The molecule has 6 heteroatoms. The van der Waals surface area contributed by atoms with Crippen LogP contribution in [-0.4, -0.2) is 28.0 Å². The molecule has 0 aliphatic heterocycles. The fourth-order valence-corrected chi connectivity index (χ4v) is 2.06.